The van der Waals surface area contributed by atoms with Crippen LogP contribution in [0, 0.1) is 5.82 Å². The van der Waals surface area contributed by atoms with Gasteiger partial charge in [0.25, 0.3) is 5.91 Å². The molecule has 6 heteroatoms. The molecule has 1 heterocycles. The van der Waals surface area contributed by atoms with Crippen LogP contribution in [0.5, 0.6) is 5.75 Å². The number of carbonyl (C=O) groups is 2. The van der Waals surface area contributed by atoms with Crippen LogP contribution in [0.15, 0.2) is 36.4 Å². The van der Waals surface area contributed by atoms with Gasteiger partial charge in [-0.15, -0.1) is 0 Å². The average Bonchev–Trinajstić information content (AvgIpc) is 2.46. The Bertz CT molecular complexity index is 759. The number of ketones is 1. The van der Waals surface area contributed by atoms with E-state index in [0.29, 0.717) is 17.0 Å². The first-order valence-electron chi connectivity index (χ1n) is 6.21. The minimum absolute atomic E-state index is 0.0504. The lowest BCUT2D eigenvalue weighted by molar-refractivity contribution is -0.118. The predicted molar refractivity (Wildman–Crippen MR) is 74.8 cm³/mol. The molecule has 106 valence electrons. The normalized spacial score (nSPS) is 13.1. The Balaban J connectivity index is 1.98. The van der Waals surface area contributed by atoms with Crippen LogP contribution in [0.2, 0.25) is 0 Å². The zero-order chi connectivity index (χ0) is 15.0. The smallest absolute Gasteiger partial charge is 0.262 e. The molecule has 3 N–H and O–H groups in total. The van der Waals surface area contributed by atoms with Gasteiger partial charge in [-0.25, -0.2) is 4.39 Å². The second kappa shape index (κ2) is 4.90. The molecule has 0 spiro atoms. The van der Waals surface area contributed by atoms with Gasteiger partial charge in [0.1, 0.15) is 11.6 Å². The lowest BCUT2D eigenvalue weighted by Gasteiger charge is -2.18. The molecule has 5 nitrogen and oxygen atoms in total. The van der Waals surface area contributed by atoms with Crippen molar-refractivity contribution in [1.82, 2.24) is 0 Å². The maximum atomic E-state index is 13.0. The van der Waals surface area contributed by atoms with Crippen molar-refractivity contribution in [1.29, 1.82) is 0 Å². The highest BCUT2D eigenvalue weighted by atomic mass is 19.1. The summed E-state index contributed by atoms with van der Waals surface area (Å²) in [4.78, 5) is 23.7. The Labute approximate surface area is 119 Å². The molecule has 2 aromatic carbocycles. The van der Waals surface area contributed by atoms with E-state index in [4.69, 9.17) is 10.5 Å². The lowest BCUT2D eigenvalue weighted by atomic mass is 10.0. The minimum atomic E-state index is -0.504. The number of anilines is 2. The van der Waals surface area contributed by atoms with Gasteiger partial charge in [0, 0.05) is 16.8 Å². The Morgan fingerprint density at radius 2 is 2.05 bits per heavy atom. The number of rotatable bonds is 2. The van der Waals surface area contributed by atoms with Crippen LogP contribution in [-0.2, 0) is 4.79 Å². The summed E-state index contributed by atoms with van der Waals surface area (Å²) in [6.07, 6.45) is 0. The fourth-order valence-electron chi connectivity index (χ4n) is 2.12. The van der Waals surface area contributed by atoms with Crippen molar-refractivity contribution in [3.63, 3.8) is 0 Å². The number of benzene rings is 2. The average molecular weight is 286 g/mol. The topological polar surface area (TPSA) is 81.4 Å². The third-order valence-corrected chi connectivity index (χ3v) is 3.13. The molecule has 0 aromatic heterocycles. The molecule has 1 aliphatic rings. The third kappa shape index (κ3) is 2.43. The number of nitrogens with one attached hydrogen (secondary N) is 1. The fourth-order valence-corrected chi connectivity index (χ4v) is 2.12. The summed E-state index contributed by atoms with van der Waals surface area (Å²) in [7, 11) is 0. The Hall–Kier alpha value is -2.89. The summed E-state index contributed by atoms with van der Waals surface area (Å²) in [6, 6.07) is 8.28. The van der Waals surface area contributed by atoms with Gasteiger partial charge in [-0.2, -0.15) is 0 Å². The van der Waals surface area contributed by atoms with Gasteiger partial charge < -0.3 is 15.8 Å². The largest absolute Gasteiger partial charge is 0.482 e. The summed E-state index contributed by atoms with van der Waals surface area (Å²) >= 11 is 0. The highest BCUT2D eigenvalue weighted by molar-refractivity contribution is 6.13. The number of nitrogens with two attached hydrogens (primary N) is 1. The number of fused-ring (bicyclic) bond motifs is 1. The maximum Gasteiger partial charge on any atom is 0.262 e. The van der Waals surface area contributed by atoms with E-state index < -0.39 is 5.82 Å². The maximum absolute atomic E-state index is 13.0. The van der Waals surface area contributed by atoms with E-state index >= 15 is 0 Å². The highest BCUT2D eigenvalue weighted by Gasteiger charge is 2.19. The van der Waals surface area contributed by atoms with Gasteiger partial charge in [0.2, 0.25) is 0 Å². The number of ether oxygens (including phenoxy) is 1. The van der Waals surface area contributed by atoms with E-state index in [2.05, 4.69) is 5.32 Å². The van der Waals surface area contributed by atoms with Crippen LogP contribution < -0.4 is 15.8 Å². The first-order valence-corrected chi connectivity index (χ1v) is 6.21. The Kier molecular flexibility index (Phi) is 3.06. The molecule has 1 aliphatic heterocycles. The van der Waals surface area contributed by atoms with E-state index in [9.17, 15) is 14.0 Å². The number of amides is 1. The van der Waals surface area contributed by atoms with Gasteiger partial charge in [-0.1, -0.05) is 0 Å². The molecule has 0 radical (unpaired) electrons. The van der Waals surface area contributed by atoms with Crippen molar-refractivity contribution < 1.29 is 18.7 Å². The number of nitrogen functional groups attached to an aromatic ring is 1. The molecule has 0 unspecified atom stereocenters. The zero-order valence-electron chi connectivity index (χ0n) is 10.9. The SMILES string of the molecule is Nc1cc(F)ccc1C(=O)c1ccc2c(c1)NC(=O)CO2. The summed E-state index contributed by atoms with van der Waals surface area (Å²) in [6.45, 7) is -0.0504. The fraction of sp³-hybridized carbons (Fsp3) is 0.0667. The van der Waals surface area contributed by atoms with E-state index in [0.717, 1.165) is 6.07 Å². The van der Waals surface area contributed by atoms with Crippen molar-refractivity contribution in [3.05, 3.63) is 53.3 Å². The van der Waals surface area contributed by atoms with Gasteiger partial charge >= 0.3 is 0 Å². The number of hydrogen-bond donors (Lipinski definition) is 2. The molecule has 0 saturated carbocycles. The van der Waals surface area contributed by atoms with Crippen LogP contribution in [0.3, 0.4) is 0 Å². The predicted octanol–water partition coefficient (Wildman–Crippen LogP) is 1.97. The Morgan fingerprint density at radius 3 is 2.81 bits per heavy atom. The Morgan fingerprint density at radius 1 is 1.24 bits per heavy atom. The number of carbonyl (C=O) groups excluding carboxylic acids is 2. The highest BCUT2D eigenvalue weighted by Crippen LogP contribution is 2.30. The quantitative estimate of drug-likeness (QED) is 0.653. The van der Waals surface area contributed by atoms with Gasteiger partial charge in [0.15, 0.2) is 12.4 Å². The van der Waals surface area contributed by atoms with Crippen LogP contribution in [0.4, 0.5) is 15.8 Å². The molecular formula is C15H11FN2O3. The summed E-state index contributed by atoms with van der Waals surface area (Å²) in [5.41, 5.74) is 6.70. The van der Waals surface area contributed by atoms with Gasteiger partial charge in [-0.3, -0.25) is 9.59 Å². The molecule has 1 amide bonds. The van der Waals surface area contributed by atoms with E-state index in [-0.39, 0.29) is 29.5 Å². The van der Waals surface area contributed by atoms with Crippen LogP contribution in [-0.4, -0.2) is 18.3 Å². The molecule has 0 bridgehead atoms. The van der Waals surface area contributed by atoms with Crippen molar-refractivity contribution in [3.8, 4) is 5.75 Å². The second-order valence-corrected chi connectivity index (χ2v) is 4.61. The summed E-state index contributed by atoms with van der Waals surface area (Å²) in [5, 5.41) is 2.62. The monoisotopic (exact) mass is 286 g/mol. The molecule has 0 saturated heterocycles. The van der Waals surface area contributed by atoms with Crippen molar-refractivity contribution >= 4 is 23.1 Å². The molecule has 0 aliphatic carbocycles. The molecule has 0 fully saturated rings. The van der Waals surface area contributed by atoms with E-state index in [1.54, 1.807) is 12.1 Å². The molecule has 3 rings (SSSR count). The molecule has 0 atom stereocenters. The summed E-state index contributed by atoms with van der Waals surface area (Å²) < 4.78 is 18.2. The van der Waals surface area contributed by atoms with Crippen LogP contribution in [0.1, 0.15) is 15.9 Å². The standard InChI is InChI=1S/C15H11FN2O3/c16-9-2-3-10(11(17)6-9)15(20)8-1-4-13-12(5-8)18-14(19)7-21-13/h1-6H,7,17H2,(H,18,19). The van der Waals surface area contributed by atoms with Crippen LogP contribution in [0.25, 0.3) is 0 Å². The lowest BCUT2D eigenvalue weighted by Crippen LogP contribution is -2.25. The zero-order valence-corrected chi connectivity index (χ0v) is 10.9. The van der Waals surface area contributed by atoms with Crippen LogP contribution >= 0.6 is 0 Å². The third-order valence-electron chi connectivity index (χ3n) is 3.13. The minimum Gasteiger partial charge on any atom is -0.482 e. The van der Waals surface area contributed by atoms with E-state index in [1.807, 2.05) is 0 Å². The molecule has 21 heavy (non-hydrogen) atoms. The van der Waals surface area contributed by atoms with Crippen molar-refractivity contribution in [2.75, 3.05) is 17.7 Å². The number of hydrogen-bond acceptors (Lipinski definition) is 4. The first-order chi connectivity index (χ1) is 10.0. The second-order valence-electron chi connectivity index (χ2n) is 4.61. The molecule has 2 aromatic rings. The first kappa shape index (κ1) is 13.1. The molecular weight excluding hydrogens is 275 g/mol. The van der Waals surface area contributed by atoms with Crippen molar-refractivity contribution in [2.24, 2.45) is 0 Å². The number of halogens is 1. The summed E-state index contributed by atoms with van der Waals surface area (Å²) in [5.74, 6) is -0.642. The van der Waals surface area contributed by atoms with Gasteiger partial charge in [0.05, 0.1) is 5.69 Å². The van der Waals surface area contributed by atoms with E-state index in [1.165, 1.54) is 18.2 Å². The van der Waals surface area contributed by atoms with Crippen molar-refractivity contribution in [2.45, 2.75) is 0 Å². The van der Waals surface area contributed by atoms with Gasteiger partial charge in [-0.05, 0) is 36.4 Å².